The van der Waals surface area contributed by atoms with Crippen LogP contribution in [0.2, 0.25) is 0 Å². The lowest BCUT2D eigenvalue weighted by Crippen LogP contribution is -2.16. The second-order valence-electron chi connectivity index (χ2n) is 3.42. The van der Waals surface area contributed by atoms with Crippen LogP contribution >= 0.6 is 11.3 Å². The smallest absolute Gasteiger partial charge is 0.476 e. The third-order valence-electron chi connectivity index (χ3n) is 2.07. The van der Waals surface area contributed by atoms with Gasteiger partial charge in [-0.1, -0.05) is 0 Å². The maximum absolute atomic E-state index is 12.0. The van der Waals surface area contributed by atoms with Crippen molar-refractivity contribution in [2.75, 3.05) is 0 Å². The molecule has 8 heteroatoms. The quantitative estimate of drug-likeness (QED) is 0.940. The summed E-state index contributed by atoms with van der Waals surface area (Å²) in [4.78, 5) is 14.5. The highest BCUT2D eigenvalue weighted by Gasteiger charge is 2.30. The van der Waals surface area contributed by atoms with Gasteiger partial charge in [-0.25, -0.2) is 9.78 Å². The molecule has 0 fully saturated rings. The van der Waals surface area contributed by atoms with Gasteiger partial charge < -0.3 is 9.84 Å². The molecule has 2 rings (SSSR count). The Morgan fingerprint density at radius 3 is 2.37 bits per heavy atom. The van der Waals surface area contributed by atoms with Gasteiger partial charge in [-0.2, -0.15) is 0 Å². The van der Waals surface area contributed by atoms with Gasteiger partial charge in [0.2, 0.25) is 5.01 Å². The fourth-order valence-corrected chi connectivity index (χ4v) is 2.00. The van der Waals surface area contributed by atoms with Crippen molar-refractivity contribution in [2.24, 2.45) is 0 Å². The highest BCUT2D eigenvalue weighted by molar-refractivity contribution is 7.11. The van der Waals surface area contributed by atoms with Gasteiger partial charge >= 0.3 is 12.3 Å². The van der Waals surface area contributed by atoms with Crippen molar-refractivity contribution in [2.45, 2.75) is 6.36 Å². The number of aromatic carboxylic acids is 1. The fraction of sp³-hybridized carbons (Fsp3) is 0.0909. The van der Waals surface area contributed by atoms with Gasteiger partial charge in [-0.15, -0.1) is 24.5 Å². The van der Waals surface area contributed by atoms with E-state index in [0.29, 0.717) is 11.3 Å². The van der Waals surface area contributed by atoms with Gasteiger partial charge in [-0.3, -0.25) is 0 Å². The van der Waals surface area contributed by atoms with E-state index in [2.05, 4.69) is 9.72 Å². The van der Waals surface area contributed by atoms with Gasteiger partial charge in [0.1, 0.15) is 5.75 Å². The molecule has 0 amide bonds. The van der Waals surface area contributed by atoms with Crippen molar-refractivity contribution < 1.29 is 27.8 Å². The molecule has 2 aromatic rings. The van der Waals surface area contributed by atoms with E-state index in [4.69, 9.17) is 5.11 Å². The van der Waals surface area contributed by atoms with Crippen LogP contribution in [0.1, 0.15) is 9.80 Å². The number of aromatic nitrogens is 1. The van der Waals surface area contributed by atoms with Crippen LogP contribution in [0.25, 0.3) is 11.3 Å². The molecular formula is C11H6F3NO3S. The summed E-state index contributed by atoms with van der Waals surface area (Å²) in [6, 6.07) is 5.04. The number of hydrogen-bond donors (Lipinski definition) is 1. The lowest BCUT2D eigenvalue weighted by atomic mass is 10.2. The van der Waals surface area contributed by atoms with Crippen LogP contribution < -0.4 is 4.74 Å². The van der Waals surface area contributed by atoms with Crippen molar-refractivity contribution in [1.82, 2.24) is 4.98 Å². The Kier molecular flexibility index (Phi) is 3.43. The van der Waals surface area contributed by atoms with Crippen LogP contribution in [0.15, 0.2) is 29.6 Å². The Labute approximate surface area is 109 Å². The molecule has 0 aliphatic heterocycles. The van der Waals surface area contributed by atoms with Gasteiger partial charge in [0.05, 0.1) is 5.69 Å². The van der Waals surface area contributed by atoms with Gasteiger partial charge in [0.15, 0.2) is 0 Å². The van der Waals surface area contributed by atoms with Gasteiger partial charge in [-0.05, 0) is 24.3 Å². The molecule has 0 aliphatic carbocycles. The summed E-state index contributed by atoms with van der Waals surface area (Å²) in [5.41, 5.74) is 0.902. The number of hydrogen-bond acceptors (Lipinski definition) is 4. The number of carboxylic acids is 1. The van der Waals surface area contributed by atoms with Crippen molar-refractivity contribution >= 4 is 17.3 Å². The standard InChI is InChI=1S/C11H6F3NO3S/c12-11(13,14)18-7-3-1-6(2-4-7)8-5-19-9(15-8)10(16)17/h1-5H,(H,16,17). The molecule has 100 valence electrons. The van der Waals surface area contributed by atoms with E-state index >= 15 is 0 Å². The first-order chi connectivity index (χ1) is 8.85. The molecule has 1 heterocycles. The second-order valence-corrected chi connectivity index (χ2v) is 4.27. The Bertz CT molecular complexity index is 592. The fourth-order valence-electron chi connectivity index (χ4n) is 1.33. The lowest BCUT2D eigenvalue weighted by Gasteiger charge is -2.08. The van der Waals surface area contributed by atoms with E-state index < -0.39 is 12.3 Å². The second kappa shape index (κ2) is 4.88. The topological polar surface area (TPSA) is 59.4 Å². The molecule has 1 aromatic heterocycles. The number of alkyl halides is 3. The van der Waals surface area contributed by atoms with Crippen LogP contribution in [-0.4, -0.2) is 22.4 Å². The van der Waals surface area contributed by atoms with E-state index in [1.165, 1.54) is 17.5 Å². The predicted octanol–water partition coefficient (Wildman–Crippen LogP) is 3.41. The van der Waals surface area contributed by atoms with Crippen LogP contribution in [-0.2, 0) is 0 Å². The van der Waals surface area contributed by atoms with Crippen LogP contribution in [0.3, 0.4) is 0 Å². The highest BCUT2D eigenvalue weighted by atomic mass is 32.1. The molecule has 0 spiro atoms. The SMILES string of the molecule is O=C(O)c1nc(-c2ccc(OC(F)(F)F)cc2)cs1. The molecule has 1 aromatic carbocycles. The zero-order chi connectivity index (χ0) is 14.0. The zero-order valence-electron chi connectivity index (χ0n) is 9.14. The largest absolute Gasteiger partial charge is 0.573 e. The molecule has 0 unspecified atom stereocenters. The minimum Gasteiger partial charge on any atom is -0.476 e. The summed E-state index contributed by atoms with van der Waals surface area (Å²) in [5.74, 6) is -1.49. The molecule has 1 N–H and O–H groups in total. The maximum atomic E-state index is 12.0. The van der Waals surface area contributed by atoms with Crippen LogP contribution in [0, 0.1) is 0 Å². The summed E-state index contributed by atoms with van der Waals surface area (Å²) in [6.07, 6.45) is -4.74. The third kappa shape index (κ3) is 3.44. The maximum Gasteiger partial charge on any atom is 0.573 e. The van der Waals surface area contributed by atoms with Gasteiger partial charge in [0, 0.05) is 10.9 Å². The van der Waals surface area contributed by atoms with Crippen molar-refractivity contribution in [3.63, 3.8) is 0 Å². The molecule has 0 atom stereocenters. The van der Waals surface area contributed by atoms with Gasteiger partial charge in [0.25, 0.3) is 0 Å². The van der Waals surface area contributed by atoms with E-state index in [-0.39, 0.29) is 10.8 Å². The zero-order valence-corrected chi connectivity index (χ0v) is 9.96. The highest BCUT2D eigenvalue weighted by Crippen LogP contribution is 2.27. The first kappa shape index (κ1) is 13.3. The number of rotatable bonds is 3. The number of thiazole rings is 1. The first-order valence-corrected chi connectivity index (χ1v) is 5.78. The lowest BCUT2D eigenvalue weighted by molar-refractivity contribution is -0.274. The average Bonchev–Trinajstić information content (AvgIpc) is 2.77. The summed E-state index contributed by atoms with van der Waals surface area (Å²) in [6.45, 7) is 0. The van der Waals surface area contributed by atoms with E-state index in [1.807, 2.05) is 0 Å². The molecule has 0 bridgehead atoms. The molecule has 0 saturated heterocycles. The predicted molar refractivity (Wildman–Crippen MR) is 61.2 cm³/mol. The van der Waals surface area contributed by atoms with Crippen molar-refractivity contribution in [1.29, 1.82) is 0 Å². The number of benzene rings is 1. The number of carbonyl (C=O) groups is 1. The Morgan fingerprint density at radius 2 is 1.89 bits per heavy atom. The summed E-state index contributed by atoms with van der Waals surface area (Å²) >= 11 is 0.945. The van der Waals surface area contributed by atoms with Crippen LogP contribution in [0.5, 0.6) is 5.75 Å². The molecule has 0 radical (unpaired) electrons. The van der Waals surface area contributed by atoms with Crippen molar-refractivity contribution in [3.05, 3.63) is 34.7 Å². The van der Waals surface area contributed by atoms with Crippen LogP contribution in [0.4, 0.5) is 13.2 Å². The number of halogens is 3. The third-order valence-corrected chi connectivity index (χ3v) is 2.90. The number of nitrogens with zero attached hydrogens (tertiary/aromatic N) is 1. The summed E-state index contributed by atoms with van der Waals surface area (Å²) < 4.78 is 39.6. The Hall–Kier alpha value is -2.09. The van der Waals surface area contributed by atoms with Crippen molar-refractivity contribution in [3.8, 4) is 17.0 Å². The van der Waals surface area contributed by atoms with E-state index in [0.717, 1.165) is 23.5 Å². The first-order valence-electron chi connectivity index (χ1n) is 4.90. The van der Waals surface area contributed by atoms with E-state index in [1.54, 1.807) is 0 Å². The Balaban J connectivity index is 2.20. The number of carboxylic acid groups (broad SMARTS) is 1. The average molecular weight is 289 g/mol. The summed E-state index contributed by atoms with van der Waals surface area (Å²) in [7, 11) is 0. The minimum absolute atomic E-state index is 0.0781. The molecule has 0 aliphatic rings. The normalized spacial score (nSPS) is 11.3. The Morgan fingerprint density at radius 1 is 1.26 bits per heavy atom. The molecule has 4 nitrogen and oxygen atoms in total. The summed E-state index contributed by atoms with van der Waals surface area (Å²) in [5, 5.41) is 10.2. The number of ether oxygens (including phenoxy) is 1. The minimum atomic E-state index is -4.74. The van der Waals surface area contributed by atoms with E-state index in [9.17, 15) is 18.0 Å². The monoisotopic (exact) mass is 289 g/mol. The molecule has 0 saturated carbocycles. The molecular weight excluding hydrogens is 283 g/mol. The molecule has 19 heavy (non-hydrogen) atoms.